The zero-order valence-corrected chi connectivity index (χ0v) is 17.8. The van der Waals surface area contributed by atoms with Crippen molar-refractivity contribution in [3.63, 3.8) is 0 Å². The number of hydrogen-bond acceptors (Lipinski definition) is 2. The molecule has 6 heteroatoms. The zero-order chi connectivity index (χ0) is 19.8. The van der Waals surface area contributed by atoms with Crippen LogP contribution in [0.5, 0.6) is 0 Å². The van der Waals surface area contributed by atoms with Crippen LogP contribution < -0.4 is 5.32 Å². The van der Waals surface area contributed by atoms with Crippen LogP contribution in [0.2, 0.25) is 10.0 Å². The molecule has 0 saturated carbocycles. The van der Waals surface area contributed by atoms with Gasteiger partial charge in [0.2, 0.25) is 11.8 Å². The molecular formula is C21H30Cl2N2O2. The first-order valence-electron chi connectivity index (χ1n) is 9.96. The number of hydrogen-bond donors (Lipinski definition) is 1. The van der Waals surface area contributed by atoms with Gasteiger partial charge in [0.05, 0.1) is 10.0 Å². The van der Waals surface area contributed by atoms with E-state index in [1.807, 2.05) is 17.0 Å². The summed E-state index contributed by atoms with van der Waals surface area (Å²) in [6.07, 6.45) is 5.53. The van der Waals surface area contributed by atoms with Crippen LogP contribution >= 0.6 is 23.2 Å². The molecule has 4 nitrogen and oxygen atoms in total. The first kappa shape index (κ1) is 22.0. The molecule has 1 aliphatic heterocycles. The van der Waals surface area contributed by atoms with Gasteiger partial charge < -0.3 is 10.2 Å². The number of amides is 2. The largest absolute Gasteiger partial charge is 0.353 e. The highest BCUT2D eigenvalue weighted by molar-refractivity contribution is 6.42. The Kier molecular flexibility index (Phi) is 8.91. The van der Waals surface area contributed by atoms with Crippen molar-refractivity contribution in [3.8, 4) is 0 Å². The summed E-state index contributed by atoms with van der Waals surface area (Å²) in [4.78, 5) is 26.6. The molecule has 1 aliphatic rings. The minimum atomic E-state index is 0.0832. The van der Waals surface area contributed by atoms with Gasteiger partial charge in [-0.15, -0.1) is 0 Å². The number of piperidine rings is 1. The van der Waals surface area contributed by atoms with E-state index in [4.69, 9.17) is 23.2 Å². The van der Waals surface area contributed by atoms with Crippen LogP contribution in [-0.2, 0) is 16.0 Å². The molecule has 0 bridgehead atoms. The Bertz CT molecular complexity index is 639. The highest BCUT2D eigenvalue weighted by atomic mass is 35.5. The van der Waals surface area contributed by atoms with Gasteiger partial charge in [0.1, 0.15) is 0 Å². The molecule has 1 fully saturated rings. The highest BCUT2D eigenvalue weighted by Gasteiger charge is 2.26. The van der Waals surface area contributed by atoms with Gasteiger partial charge in [-0.25, -0.2) is 0 Å². The Labute approximate surface area is 172 Å². The number of benzene rings is 1. The van der Waals surface area contributed by atoms with Crippen molar-refractivity contribution in [2.24, 2.45) is 5.92 Å². The van der Waals surface area contributed by atoms with Crippen molar-refractivity contribution < 1.29 is 9.59 Å². The molecule has 1 aromatic carbocycles. The first-order chi connectivity index (χ1) is 12.9. The fourth-order valence-corrected chi connectivity index (χ4v) is 3.91. The second kappa shape index (κ2) is 10.9. The summed E-state index contributed by atoms with van der Waals surface area (Å²) in [5, 5.41) is 4.22. The molecule has 0 aliphatic carbocycles. The van der Waals surface area contributed by atoms with Gasteiger partial charge in [0.15, 0.2) is 0 Å². The maximum atomic E-state index is 12.4. The number of aryl methyl sites for hydroxylation is 1. The summed E-state index contributed by atoms with van der Waals surface area (Å²) in [6.45, 7) is 5.61. The Morgan fingerprint density at radius 2 is 1.81 bits per heavy atom. The number of carbonyl (C=O) groups excluding carboxylic acids is 2. The van der Waals surface area contributed by atoms with Gasteiger partial charge >= 0.3 is 0 Å². The summed E-state index contributed by atoms with van der Waals surface area (Å²) in [7, 11) is 0. The molecule has 0 radical (unpaired) electrons. The Hall–Kier alpha value is -1.26. The Morgan fingerprint density at radius 3 is 2.41 bits per heavy atom. The number of rotatable bonds is 8. The van der Waals surface area contributed by atoms with Crippen molar-refractivity contribution in [2.75, 3.05) is 13.1 Å². The molecule has 1 heterocycles. The Morgan fingerprint density at radius 1 is 1.15 bits per heavy atom. The van der Waals surface area contributed by atoms with Crippen molar-refractivity contribution in [3.05, 3.63) is 33.8 Å². The Balaban J connectivity index is 1.68. The van der Waals surface area contributed by atoms with E-state index in [2.05, 4.69) is 19.2 Å². The molecular weight excluding hydrogens is 383 g/mol. The van der Waals surface area contributed by atoms with Crippen LogP contribution in [-0.4, -0.2) is 35.8 Å². The lowest BCUT2D eigenvalue weighted by atomic mass is 9.98. The third-order valence-electron chi connectivity index (χ3n) is 5.36. The van der Waals surface area contributed by atoms with E-state index in [0.29, 0.717) is 16.5 Å². The van der Waals surface area contributed by atoms with E-state index < -0.39 is 0 Å². The number of nitrogens with one attached hydrogen (secondary N) is 1. The molecule has 2 amide bonds. The average Bonchev–Trinajstić information content (AvgIpc) is 2.66. The van der Waals surface area contributed by atoms with Gasteiger partial charge in [0.25, 0.3) is 0 Å². The summed E-state index contributed by atoms with van der Waals surface area (Å²) in [5.74, 6) is 0.490. The number of halogens is 2. The third kappa shape index (κ3) is 6.69. The van der Waals surface area contributed by atoms with Crippen molar-refractivity contribution >= 4 is 35.0 Å². The van der Waals surface area contributed by atoms with Crippen molar-refractivity contribution in [1.29, 1.82) is 0 Å². The molecule has 1 aromatic rings. The molecule has 0 aromatic heterocycles. The second-order valence-electron chi connectivity index (χ2n) is 7.28. The fourth-order valence-electron chi connectivity index (χ4n) is 3.59. The number of nitrogens with zero attached hydrogens (tertiary/aromatic N) is 1. The van der Waals surface area contributed by atoms with E-state index in [0.717, 1.165) is 57.2 Å². The topological polar surface area (TPSA) is 49.4 Å². The van der Waals surface area contributed by atoms with E-state index in [9.17, 15) is 9.59 Å². The molecule has 27 heavy (non-hydrogen) atoms. The van der Waals surface area contributed by atoms with Crippen LogP contribution in [0.3, 0.4) is 0 Å². The maximum Gasteiger partial charge on any atom is 0.225 e. The van der Waals surface area contributed by atoms with Crippen molar-refractivity contribution in [1.82, 2.24) is 10.2 Å². The lowest BCUT2D eigenvalue weighted by molar-refractivity contribution is -0.137. The summed E-state index contributed by atoms with van der Waals surface area (Å²) < 4.78 is 0. The van der Waals surface area contributed by atoms with E-state index in [-0.39, 0.29) is 23.8 Å². The minimum absolute atomic E-state index is 0.0832. The van der Waals surface area contributed by atoms with Gasteiger partial charge in [-0.3, -0.25) is 9.59 Å². The lowest BCUT2D eigenvalue weighted by Gasteiger charge is -2.34. The smallest absolute Gasteiger partial charge is 0.225 e. The van der Waals surface area contributed by atoms with Crippen LogP contribution in [0.25, 0.3) is 0 Å². The van der Waals surface area contributed by atoms with Crippen molar-refractivity contribution in [2.45, 2.75) is 64.8 Å². The summed E-state index contributed by atoms with van der Waals surface area (Å²) in [6, 6.07) is 5.76. The number of carbonyl (C=O) groups is 2. The average molecular weight is 413 g/mol. The molecule has 2 rings (SSSR count). The minimum Gasteiger partial charge on any atom is -0.353 e. The van der Waals surface area contributed by atoms with E-state index >= 15 is 0 Å². The lowest BCUT2D eigenvalue weighted by Crippen LogP contribution is -2.48. The zero-order valence-electron chi connectivity index (χ0n) is 16.3. The predicted molar refractivity (Wildman–Crippen MR) is 111 cm³/mol. The van der Waals surface area contributed by atoms with Gasteiger partial charge in [0, 0.05) is 31.5 Å². The molecule has 1 N–H and O–H groups in total. The quantitative estimate of drug-likeness (QED) is 0.662. The fraction of sp³-hybridized carbons (Fsp3) is 0.619. The van der Waals surface area contributed by atoms with Crippen LogP contribution in [0, 0.1) is 5.92 Å². The first-order valence-corrected chi connectivity index (χ1v) is 10.7. The molecule has 0 spiro atoms. The molecule has 0 atom stereocenters. The van der Waals surface area contributed by atoms with E-state index in [1.54, 1.807) is 6.07 Å². The van der Waals surface area contributed by atoms with Crippen LogP contribution in [0.15, 0.2) is 18.2 Å². The van der Waals surface area contributed by atoms with E-state index in [1.165, 1.54) is 0 Å². The van der Waals surface area contributed by atoms with Gasteiger partial charge in [-0.1, -0.05) is 43.1 Å². The summed E-state index contributed by atoms with van der Waals surface area (Å²) in [5.41, 5.74) is 1.09. The van der Waals surface area contributed by atoms with Crippen LogP contribution in [0.4, 0.5) is 0 Å². The third-order valence-corrected chi connectivity index (χ3v) is 6.10. The van der Waals surface area contributed by atoms with Gasteiger partial charge in [-0.2, -0.15) is 0 Å². The predicted octanol–water partition coefficient (Wildman–Crippen LogP) is 4.86. The van der Waals surface area contributed by atoms with Gasteiger partial charge in [-0.05, 0) is 56.2 Å². The number of likely N-dealkylation sites (tertiary alicyclic amines) is 1. The monoisotopic (exact) mass is 412 g/mol. The standard InChI is InChI=1S/C21H30Cl2N2O2/c1-3-16(4-2)21(27)25-12-10-17(11-13-25)24-20(26)7-5-6-15-8-9-18(22)19(23)14-15/h8-9,14,16-17H,3-7,10-13H2,1-2H3,(H,24,26). The maximum absolute atomic E-state index is 12.4. The SMILES string of the molecule is CCC(CC)C(=O)N1CCC(NC(=O)CCCc2ccc(Cl)c(Cl)c2)CC1. The summed E-state index contributed by atoms with van der Waals surface area (Å²) >= 11 is 11.9. The molecule has 0 unspecified atom stereocenters. The molecule has 150 valence electrons. The molecule has 1 saturated heterocycles. The normalized spacial score (nSPS) is 15.2. The highest BCUT2D eigenvalue weighted by Crippen LogP contribution is 2.23. The van der Waals surface area contributed by atoms with Crippen LogP contribution in [0.1, 0.15) is 57.9 Å². The second-order valence-corrected chi connectivity index (χ2v) is 8.10.